The quantitative estimate of drug-likeness (QED) is 0.435. The SMILES string of the molecule is O=S(=O)(NN=Cc1cc(Br)ccc1OCc1ccccc1)c1ccccc1. The molecule has 0 saturated carbocycles. The molecule has 0 aliphatic rings. The Hall–Kier alpha value is -2.64. The molecule has 5 nitrogen and oxygen atoms in total. The van der Waals surface area contributed by atoms with Crippen molar-refractivity contribution in [1.82, 2.24) is 4.83 Å². The van der Waals surface area contributed by atoms with Crippen LogP contribution in [0.25, 0.3) is 0 Å². The molecule has 3 aromatic carbocycles. The molecule has 0 saturated heterocycles. The van der Waals surface area contributed by atoms with Crippen molar-refractivity contribution in [3.05, 3.63) is 94.5 Å². The van der Waals surface area contributed by atoms with Crippen LogP contribution in [0.15, 0.2) is 93.3 Å². The fraction of sp³-hybridized carbons (Fsp3) is 0.0500. The molecule has 0 aliphatic carbocycles. The first-order valence-corrected chi connectivity index (χ1v) is 10.4. The number of nitrogens with one attached hydrogen (secondary N) is 1. The highest BCUT2D eigenvalue weighted by Crippen LogP contribution is 2.23. The third-order valence-corrected chi connectivity index (χ3v) is 5.37. The van der Waals surface area contributed by atoms with Crippen LogP contribution in [0.5, 0.6) is 5.75 Å². The van der Waals surface area contributed by atoms with Crippen LogP contribution in [-0.2, 0) is 16.6 Å². The van der Waals surface area contributed by atoms with Crippen molar-refractivity contribution in [3.63, 3.8) is 0 Å². The molecule has 0 atom stereocenters. The summed E-state index contributed by atoms with van der Waals surface area (Å²) in [4.78, 5) is 2.37. The molecule has 138 valence electrons. The van der Waals surface area contributed by atoms with E-state index in [4.69, 9.17) is 4.74 Å². The highest BCUT2D eigenvalue weighted by atomic mass is 79.9. The highest BCUT2D eigenvalue weighted by Gasteiger charge is 2.11. The summed E-state index contributed by atoms with van der Waals surface area (Å²) in [5.74, 6) is 0.602. The molecule has 0 aromatic heterocycles. The zero-order valence-corrected chi connectivity index (χ0v) is 16.7. The molecule has 3 rings (SSSR count). The second-order valence-corrected chi connectivity index (χ2v) is 8.20. The summed E-state index contributed by atoms with van der Waals surface area (Å²) in [6.07, 6.45) is 1.42. The van der Waals surface area contributed by atoms with E-state index in [1.807, 2.05) is 36.4 Å². The maximum atomic E-state index is 12.2. The molecule has 0 heterocycles. The third-order valence-electron chi connectivity index (χ3n) is 3.64. The summed E-state index contributed by atoms with van der Waals surface area (Å²) in [6, 6.07) is 23.3. The Labute approximate surface area is 166 Å². The van der Waals surface area contributed by atoms with Crippen molar-refractivity contribution < 1.29 is 13.2 Å². The third kappa shape index (κ3) is 5.42. The van der Waals surface area contributed by atoms with Crippen molar-refractivity contribution in [1.29, 1.82) is 0 Å². The molecule has 7 heteroatoms. The van der Waals surface area contributed by atoms with Gasteiger partial charge in [-0.05, 0) is 35.9 Å². The number of halogens is 1. The first-order valence-electron chi connectivity index (χ1n) is 8.11. The predicted octanol–water partition coefficient (Wildman–Crippen LogP) is 4.34. The molecule has 0 spiro atoms. The van der Waals surface area contributed by atoms with Gasteiger partial charge in [-0.3, -0.25) is 0 Å². The van der Waals surface area contributed by atoms with Crippen molar-refractivity contribution in [2.24, 2.45) is 5.10 Å². The lowest BCUT2D eigenvalue weighted by molar-refractivity contribution is 0.305. The monoisotopic (exact) mass is 444 g/mol. The molecule has 0 bridgehead atoms. The van der Waals surface area contributed by atoms with Gasteiger partial charge in [0, 0.05) is 10.0 Å². The van der Waals surface area contributed by atoms with E-state index in [0.29, 0.717) is 17.9 Å². The lowest BCUT2D eigenvalue weighted by Gasteiger charge is -2.10. The summed E-state index contributed by atoms with van der Waals surface area (Å²) in [5.41, 5.74) is 1.68. The molecule has 0 unspecified atom stereocenters. The molecule has 1 N–H and O–H groups in total. The van der Waals surface area contributed by atoms with Crippen LogP contribution in [0, 0.1) is 0 Å². The van der Waals surface area contributed by atoms with E-state index >= 15 is 0 Å². The van der Waals surface area contributed by atoms with Gasteiger partial charge in [0.15, 0.2) is 0 Å². The van der Waals surface area contributed by atoms with Gasteiger partial charge in [-0.1, -0.05) is 64.5 Å². The van der Waals surface area contributed by atoms with E-state index in [-0.39, 0.29) is 4.90 Å². The summed E-state index contributed by atoms with van der Waals surface area (Å²) in [5, 5.41) is 3.88. The summed E-state index contributed by atoms with van der Waals surface area (Å²) in [7, 11) is -3.71. The lowest BCUT2D eigenvalue weighted by Crippen LogP contribution is -2.18. The first kappa shape index (κ1) is 19.1. The van der Waals surface area contributed by atoms with E-state index in [9.17, 15) is 8.42 Å². The number of hydrazone groups is 1. The highest BCUT2D eigenvalue weighted by molar-refractivity contribution is 9.10. The fourth-order valence-corrected chi connectivity index (χ4v) is 3.50. The van der Waals surface area contributed by atoms with Crippen molar-refractivity contribution in [2.75, 3.05) is 0 Å². The molecule has 0 aliphatic heterocycles. The molecular weight excluding hydrogens is 428 g/mol. The van der Waals surface area contributed by atoms with Crippen LogP contribution in [0.1, 0.15) is 11.1 Å². The summed E-state index contributed by atoms with van der Waals surface area (Å²) >= 11 is 3.40. The molecule has 27 heavy (non-hydrogen) atoms. The van der Waals surface area contributed by atoms with E-state index in [0.717, 1.165) is 10.0 Å². The van der Waals surface area contributed by atoms with E-state index in [1.54, 1.807) is 30.3 Å². The Kier molecular flexibility index (Phi) is 6.26. The minimum Gasteiger partial charge on any atom is -0.488 e. The number of sulfonamides is 1. The standard InChI is InChI=1S/C20H17BrN2O3S/c21-18-11-12-20(26-15-16-7-3-1-4-8-16)17(13-18)14-22-23-27(24,25)19-9-5-2-6-10-19/h1-14,23H,15H2. The van der Waals surface area contributed by atoms with Gasteiger partial charge in [0.2, 0.25) is 0 Å². The second-order valence-electron chi connectivity index (χ2n) is 5.62. The minimum absolute atomic E-state index is 0.150. The Morgan fingerprint density at radius 3 is 2.33 bits per heavy atom. The maximum absolute atomic E-state index is 12.2. The van der Waals surface area contributed by atoms with Gasteiger partial charge in [-0.2, -0.15) is 13.5 Å². The zero-order chi connectivity index (χ0) is 19.1. The molecule has 0 radical (unpaired) electrons. The molecule has 0 fully saturated rings. The van der Waals surface area contributed by atoms with Gasteiger partial charge in [-0.25, -0.2) is 4.83 Å². The van der Waals surface area contributed by atoms with Gasteiger partial charge in [0.1, 0.15) is 12.4 Å². The topological polar surface area (TPSA) is 67.8 Å². The van der Waals surface area contributed by atoms with Crippen molar-refractivity contribution in [2.45, 2.75) is 11.5 Å². The fourth-order valence-electron chi connectivity index (χ4n) is 2.30. The average Bonchev–Trinajstić information content (AvgIpc) is 2.69. The largest absolute Gasteiger partial charge is 0.488 e. The number of hydrogen-bond donors (Lipinski definition) is 1. The van der Waals surface area contributed by atoms with Gasteiger partial charge < -0.3 is 4.74 Å². The van der Waals surface area contributed by atoms with Crippen LogP contribution in [0.3, 0.4) is 0 Å². The Morgan fingerprint density at radius 2 is 1.63 bits per heavy atom. The first-order chi connectivity index (χ1) is 13.0. The zero-order valence-electron chi connectivity index (χ0n) is 14.2. The Balaban J connectivity index is 1.74. The molecule has 3 aromatic rings. The van der Waals surface area contributed by atoms with E-state index in [2.05, 4.69) is 25.9 Å². The van der Waals surface area contributed by atoms with Crippen LogP contribution in [0.4, 0.5) is 0 Å². The van der Waals surface area contributed by atoms with Crippen LogP contribution < -0.4 is 9.57 Å². The number of nitrogens with zero attached hydrogens (tertiary/aromatic N) is 1. The molecule has 0 amide bonds. The number of benzene rings is 3. The second kappa shape index (κ2) is 8.83. The number of ether oxygens (including phenoxy) is 1. The summed E-state index contributed by atoms with van der Waals surface area (Å²) < 4.78 is 31.1. The number of rotatable bonds is 7. The number of hydrogen-bond acceptors (Lipinski definition) is 4. The smallest absolute Gasteiger partial charge is 0.276 e. The Morgan fingerprint density at radius 1 is 0.963 bits per heavy atom. The van der Waals surface area contributed by atoms with Gasteiger partial charge in [0.25, 0.3) is 10.0 Å². The van der Waals surface area contributed by atoms with Gasteiger partial charge in [0.05, 0.1) is 11.1 Å². The predicted molar refractivity (Wildman–Crippen MR) is 109 cm³/mol. The summed E-state index contributed by atoms with van der Waals surface area (Å²) in [6.45, 7) is 0.402. The van der Waals surface area contributed by atoms with Crippen molar-refractivity contribution >= 4 is 32.2 Å². The van der Waals surface area contributed by atoms with Crippen molar-refractivity contribution in [3.8, 4) is 5.75 Å². The van der Waals surface area contributed by atoms with Crippen LogP contribution in [-0.4, -0.2) is 14.6 Å². The van der Waals surface area contributed by atoms with Crippen LogP contribution >= 0.6 is 15.9 Å². The van der Waals surface area contributed by atoms with E-state index in [1.165, 1.54) is 18.3 Å². The van der Waals surface area contributed by atoms with Crippen LogP contribution in [0.2, 0.25) is 0 Å². The maximum Gasteiger partial charge on any atom is 0.276 e. The normalized spacial score (nSPS) is 11.4. The van der Waals surface area contributed by atoms with Gasteiger partial charge >= 0.3 is 0 Å². The van der Waals surface area contributed by atoms with Gasteiger partial charge in [-0.15, -0.1) is 0 Å². The lowest BCUT2D eigenvalue weighted by atomic mass is 10.2. The molecular formula is C20H17BrN2O3S. The Bertz CT molecular complexity index is 1020. The minimum atomic E-state index is -3.71. The average molecular weight is 445 g/mol. The van der Waals surface area contributed by atoms with E-state index < -0.39 is 10.0 Å².